The quantitative estimate of drug-likeness (QED) is 0.616. The van der Waals surface area contributed by atoms with E-state index in [0.717, 1.165) is 5.56 Å². The molecule has 0 radical (unpaired) electrons. The molecule has 0 aliphatic heterocycles. The Morgan fingerprint density at radius 3 is 2.00 bits per heavy atom. The molecule has 1 N–H and O–H groups in total. The fourth-order valence-electron chi connectivity index (χ4n) is 1.91. The van der Waals surface area contributed by atoms with E-state index in [1.54, 1.807) is 19.1 Å². The van der Waals surface area contributed by atoms with Crippen molar-refractivity contribution in [3.05, 3.63) is 47.5 Å². The molecule has 0 heterocycles. The summed E-state index contributed by atoms with van der Waals surface area (Å²) in [7, 11) is 0. The minimum Gasteiger partial charge on any atom is -0.478 e. The molecular formula is C16H12N2O6. The Morgan fingerprint density at radius 2 is 1.46 bits per heavy atom. The summed E-state index contributed by atoms with van der Waals surface area (Å²) in [5.74, 6) is -0.851. The summed E-state index contributed by atoms with van der Waals surface area (Å²) in [6.45, 7) is 2.28. The van der Waals surface area contributed by atoms with Crippen molar-refractivity contribution >= 4 is 30.3 Å². The van der Waals surface area contributed by atoms with Crippen molar-refractivity contribution in [3.63, 3.8) is 0 Å². The van der Waals surface area contributed by atoms with Gasteiger partial charge in [0.05, 0.1) is 16.9 Å². The number of carbonyl (C=O) groups excluding carboxylic acids is 2. The molecule has 122 valence electrons. The lowest BCUT2D eigenvalue weighted by Crippen LogP contribution is -1.97. The first-order valence-corrected chi connectivity index (χ1v) is 6.64. The maximum Gasteiger partial charge on any atom is 0.335 e. The third kappa shape index (κ3) is 4.47. The van der Waals surface area contributed by atoms with E-state index in [1.165, 1.54) is 24.3 Å². The van der Waals surface area contributed by atoms with E-state index in [4.69, 9.17) is 9.84 Å². The topological polar surface area (TPSA) is 115 Å². The summed E-state index contributed by atoms with van der Waals surface area (Å²) in [6.07, 6.45) is 0. The average Bonchev–Trinajstić information content (AvgIpc) is 2.53. The van der Waals surface area contributed by atoms with E-state index >= 15 is 0 Å². The Hall–Kier alpha value is -3.55. The zero-order valence-electron chi connectivity index (χ0n) is 12.5. The highest BCUT2D eigenvalue weighted by Crippen LogP contribution is 2.27. The molecule has 8 heteroatoms. The van der Waals surface area contributed by atoms with Crippen molar-refractivity contribution < 1.29 is 29.0 Å². The highest BCUT2D eigenvalue weighted by molar-refractivity contribution is 5.89. The van der Waals surface area contributed by atoms with Crippen LogP contribution in [0.5, 0.6) is 11.5 Å². The van der Waals surface area contributed by atoms with E-state index < -0.39 is 5.97 Å². The summed E-state index contributed by atoms with van der Waals surface area (Å²) in [5, 5.41) is 17.0. The molecule has 0 fully saturated rings. The molecule has 0 unspecified atom stereocenters. The fourth-order valence-corrected chi connectivity index (χ4v) is 1.91. The maximum absolute atomic E-state index is 11.1. The van der Waals surface area contributed by atoms with Crippen LogP contribution in [0, 0.1) is 6.92 Å². The van der Waals surface area contributed by atoms with Crippen molar-refractivity contribution in [2.75, 3.05) is 0 Å². The number of carboxylic acid groups (broad SMARTS) is 1. The van der Waals surface area contributed by atoms with Gasteiger partial charge in [0.15, 0.2) is 0 Å². The molecule has 0 saturated carbocycles. The van der Waals surface area contributed by atoms with Crippen LogP contribution in [0.15, 0.2) is 46.6 Å². The molecule has 0 amide bonds. The van der Waals surface area contributed by atoms with Crippen LogP contribution in [-0.4, -0.2) is 24.0 Å². The summed E-state index contributed by atoms with van der Waals surface area (Å²) < 4.78 is 9.42. The minimum absolute atomic E-state index is 0.0352. The number of benzene rings is 2. The lowest BCUT2D eigenvalue weighted by Gasteiger charge is -2.03. The van der Waals surface area contributed by atoms with Gasteiger partial charge in [-0.25, -0.2) is 4.79 Å². The highest BCUT2D eigenvalue weighted by Gasteiger charge is 2.08. The Labute approximate surface area is 136 Å². The normalized spacial score (nSPS) is 10.4. The van der Waals surface area contributed by atoms with Crippen LogP contribution in [-0.2, 0) is 9.59 Å². The number of nitrogens with zero attached hydrogens (tertiary/aromatic N) is 2. The maximum atomic E-state index is 11.1. The van der Waals surface area contributed by atoms with Gasteiger partial charge in [-0.2, -0.15) is 10.2 Å². The second-order valence-electron chi connectivity index (χ2n) is 4.65. The van der Waals surface area contributed by atoms with Crippen LogP contribution in [0.2, 0.25) is 0 Å². The number of aromatic carboxylic acids is 1. The van der Waals surface area contributed by atoms with Crippen molar-refractivity contribution in [2.24, 2.45) is 10.2 Å². The zero-order chi connectivity index (χ0) is 17.5. The Morgan fingerprint density at radius 1 is 0.917 bits per heavy atom. The molecule has 0 saturated heterocycles. The van der Waals surface area contributed by atoms with E-state index in [0.29, 0.717) is 17.9 Å². The zero-order valence-corrected chi connectivity index (χ0v) is 12.5. The van der Waals surface area contributed by atoms with Gasteiger partial charge in [-0.1, -0.05) is 0 Å². The predicted molar refractivity (Wildman–Crippen MR) is 82.1 cm³/mol. The molecule has 8 nitrogen and oxygen atoms in total. The average molecular weight is 328 g/mol. The molecule has 0 spiro atoms. The van der Waals surface area contributed by atoms with Crippen LogP contribution in [0.1, 0.15) is 15.9 Å². The number of hydrogen-bond acceptors (Lipinski definition) is 7. The van der Waals surface area contributed by atoms with Crippen LogP contribution >= 0.6 is 0 Å². The highest BCUT2D eigenvalue weighted by atomic mass is 16.5. The number of ether oxygens (including phenoxy) is 2. The number of rotatable bonds is 7. The van der Waals surface area contributed by atoms with Crippen LogP contribution in [0.4, 0.5) is 11.4 Å². The molecule has 2 aromatic carbocycles. The molecule has 0 bridgehead atoms. The predicted octanol–water partition coefficient (Wildman–Crippen LogP) is 3.18. The summed E-state index contributed by atoms with van der Waals surface area (Å²) in [6, 6.07) is 8.68. The Bertz CT molecular complexity index is 816. The lowest BCUT2D eigenvalue weighted by molar-refractivity contribution is -0.121. The molecular weight excluding hydrogens is 316 g/mol. The molecule has 24 heavy (non-hydrogen) atoms. The third-order valence-electron chi connectivity index (χ3n) is 2.82. The first-order chi connectivity index (χ1) is 11.5. The number of azo groups is 1. The standard InChI is InChI=1S/C16H12N2O6/c1-10-2-12(6-14(3-10)23-8-19)17-18-13-4-11(16(21)22)5-15(7-13)24-9-20/h2-9H,1H3,(H,21,22). The lowest BCUT2D eigenvalue weighted by atomic mass is 10.2. The van der Waals surface area contributed by atoms with Gasteiger partial charge in [-0.15, -0.1) is 0 Å². The van der Waals surface area contributed by atoms with Crippen molar-refractivity contribution in [1.29, 1.82) is 0 Å². The SMILES string of the molecule is Cc1cc(N=Nc2cc(OC=O)cc(C(=O)O)c2)cc(OC=O)c1. The number of carbonyl (C=O) groups is 3. The molecule has 2 aromatic rings. The van der Waals surface area contributed by atoms with Crippen molar-refractivity contribution in [1.82, 2.24) is 0 Å². The molecule has 0 aliphatic carbocycles. The van der Waals surface area contributed by atoms with E-state index in [1.807, 2.05) is 0 Å². The first kappa shape index (κ1) is 16.8. The molecule has 0 aliphatic rings. The van der Waals surface area contributed by atoms with E-state index in [9.17, 15) is 14.4 Å². The van der Waals surface area contributed by atoms with Gasteiger partial charge in [-0.05, 0) is 36.8 Å². The second kappa shape index (κ2) is 7.63. The number of aryl methyl sites for hydroxylation is 1. The first-order valence-electron chi connectivity index (χ1n) is 6.64. The Balaban J connectivity index is 2.35. The third-order valence-corrected chi connectivity index (χ3v) is 2.82. The summed E-state index contributed by atoms with van der Waals surface area (Å²) >= 11 is 0. The van der Waals surface area contributed by atoms with E-state index in [2.05, 4.69) is 15.0 Å². The van der Waals surface area contributed by atoms with Crippen molar-refractivity contribution in [3.8, 4) is 11.5 Å². The minimum atomic E-state index is -1.19. The fraction of sp³-hybridized carbons (Fsp3) is 0.0625. The molecule has 0 aromatic heterocycles. The van der Waals surface area contributed by atoms with Crippen LogP contribution < -0.4 is 9.47 Å². The monoisotopic (exact) mass is 328 g/mol. The molecule has 2 rings (SSSR count). The van der Waals surface area contributed by atoms with Gasteiger partial charge in [0.25, 0.3) is 12.9 Å². The summed E-state index contributed by atoms with van der Waals surface area (Å²) in [4.78, 5) is 31.9. The van der Waals surface area contributed by atoms with Crippen molar-refractivity contribution in [2.45, 2.75) is 6.92 Å². The second-order valence-corrected chi connectivity index (χ2v) is 4.65. The van der Waals surface area contributed by atoms with Gasteiger partial charge < -0.3 is 14.6 Å². The van der Waals surface area contributed by atoms with Crippen LogP contribution in [0.25, 0.3) is 0 Å². The Kier molecular flexibility index (Phi) is 5.35. The number of carboxylic acids is 1. The van der Waals surface area contributed by atoms with E-state index in [-0.39, 0.29) is 23.5 Å². The van der Waals surface area contributed by atoms with Gasteiger partial charge in [0.1, 0.15) is 11.5 Å². The number of hydrogen-bond donors (Lipinski definition) is 1. The summed E-state index contributed by atoms with van der Waals surface area (Å²) in [5.41, 5.74) is 1.29. The van der Waals surface area contributed by atoms with Gasteiger partial charge in [0.2, 0.25) is 0 Å². The van der Waals surface area contributed by atoms with Crippen LogP contribution in [0.3, 0.4) is 0 Å². The molecule has 0 atom stereocenters. The largest absolute Gasteiger partial charge is 0.478 e. The van der Waals surface area contributed by atoms with Gasteiger partial charge in [-0.3, -0.25) is 9.59 Å². The van der Waals surface area contributed by atoms with Gasteiger partial charge >= 0.3 is 5.97 Å². The van der Waals surface area contributed by atoms with Gasteiger partial charge in [0, 0.05) is 12.1 Å². The smallest absolute Gasteiger partial charge is 0.335 e.